The molecule has 2 aromatic heterocycles. The van der Waals surface area contributed by atoms with E-state index in [-0.39, 0.29) is 17.2 Å². The molecule has 0 atom stereocenters. The highest BCUT2D eigenvalue weighted by molar-refractivity contribution is 5.95. The number of primary amides is 1. The van der Waals surface area contributed by atoms with Crippen molar-refractivity contribution < 1.29 is 4.79 Å². The van der Waals surface area contributed by atoms with E-state index in [9.17, 15) is 4.79 Å². The van der Waals surface area contributed by atoms with Crippen molar-refractivity contribution in [1.29, 1.82) is 0 Å². The average Bonchev–Trinajstić information content (AvgIpc) is 2.74. The van der Waals surface area contributed by atoms with E-state index in [1.807, 2.05) is 0 Å². The van der Waals surface area contributed by atoms with Gasteiger partial charge in [-0.2, -0.15) is 20.6 Å². The van der Waals surface area contributed by atoms with E-state index in [1.165, 1.54) is 0 Å². The molecule has 9 heteroatoms. The van der Waals surface area contributed by atoms with Crippen molar-refractivity contribution in [3.05, 3.63) is 5.69 Å². The Bertz CT molecular complexity index is 415. The first-order chi connectivity index (χ1) is 6.29. The zero-order valence-corrected chi connectivity index (χ0v) is 6.22. The van der Waals surface area contributed by atoms with Gasteiger partial charge in [0.2, 0.25) is 5.82 Å². The van der Waals surface area contributed by atoms with E-state index < -0.39 is 5.91 Å². The van der Waals surface area contributed by atoms with Crippen LogP contribution in [0.25, 0.3) is 11.5 Å². The van der Waals surface area contributed by atoms with Crippen molar-refractivity contribution >= 4 is 5.91 Å². The number of hydrogen-bond donors (Lipinski definition) is 3. The lowest BCUT2D eigenvalue weighted by Gasteiger charge is -1.87. The Morgan fingerprint density at radius 2 is 2.08 bits per heavy atom. The van der Waals surface area contributed by atoms with Gasteiger partial charge in [0.1, 0.15) is 0 Å². The summed E-state index contributed by atoms with van der Waals surface area (Å²) < 4.78 is 0. The molecule has 0 aliphatic heterocycles. The van der Waals surface area contributed by atoms with Gasteiger partial charge in [-0.3, -0.25) is 4.79 Å². The molecule has 66 valence electrons. The van der Waals surface area contributed by atoms with Crippen LogP contribution in [0.15, 0.2) is 0 Å². The lowest BCUT2D eigenvalue weighted by Crippen LogP contribution is -2.13. The van der Waals surface area contributed by atoms with E-state index in [0.717, 1.165) is 0 Å². The predicted octanol–water partition coefficient (Wildman–Crippen LogP) is -1.92. The number of nitrogens with two attached hydrogens (primary N) is 1. The Morgan fingerprint density at radius 1 is 1.23 bits per heavy atom. The molecule has 13 heavy (non-hydrogen) atoms. The molecule has 0 aliphatic rings. The van der Waals surface area contributed by atoms with Crippen molar-refractivity contribution in [2.45, 2.75) is 0 Å². The van der Waals surface area contributed by atoms with E-state index in [2.05, 4.69) is 36.0 Å². The van der Waals surface area contributed by atoms with Crippen molar-refractivity contribution in [1.82, 2.24) is 36.0 Å². The molecule has 2 rings (SSSR count). The number of tetrazole rings is 1. The summed E-state index contributed by atoms with van der Waals surface area (Å²) in [4.78, 5) is 10.8. The molecular weight excluding hydrogens is 176 g/mol. The van der Waals surface area contributed by atoms with Gasteiger partial charge in [-0.25, -0.2) is 0 Å². The maximum atomic E-state index is 10.8. The molecule has 4 N–H and O–H groups in total. The molecule has 0 unspecified atom stereocenters. The molecule has 9 nitrogen and oxygen atoms in total. The fraction of sp³-hybridized carbons (Fsp3) is 0. The topological polar surface area (TPSA) is 139 Å². The van der Waals surface area contributed by atoms with Crippen LogP contribution in [0.2, 0.25) is 0 Å². The molecule has 0 aromatic carbocycles. The molecular formula is C4H4N8O. The van der Waals surface area contributed by atoms with E-state index in [4.69, 9.17) is 5.73 Å². The summed E-state index contributed by atoms with van der Waals surface area (Å²) in [6.45, 7) is 0. The second-order valence-corrected chi connectivity index (χ2v) is 2.12. The number of aromatic nitrogens is 7. The van der Waals surface area contributed by atoms with Crippen molar-refractivity contribution in [3.8, 4) is 11.5 Å². The first-order valence-electron chi connectivity index (χ1n) is 3.23. The summed E-state index contributed by atoms with van der Waals surface area (Å²) in [6.07, 6.45) is 0. The SMILES string of the molecule is NC(=O)c1n[nH]nc1-c1nn[nH]n1. The quantitative estimate of drug-likeness (QED) is 0.492. The van der Waals surface area contributed by atoms with Crippen LogP contribution in [0, 0.1) is 0 Å². The minimum Gasteiger partial charge on any atom is -0.364 e. The summed E-state index contributed by atoms with van der Waals surface area (Å²) in [6, 6.07) is 0. The minimum atomic E-state index is -0.700. The Labute approximate surface area is 70.7 Å². The van der Waals surface area contributed by atoms with Gasteiger partial charge in [0, 0.05) is 0 Å². The third-order valence-electron chi connectivity index (χ3n) is 1.34. The second-order valence-electron chi connectivity index (χ2n) is 2.12. The molecule has 0 radical (unpaired) electrons. The Morgan fingerprint density at radius 3 is 2.69 bits per heavy atom. The molecule has 1 amide bonds. The fourth-order valence-electron chi connectivity index (χ4n) is 0.821. The molecule has 0 saturated carbocycles. The van der Waals surface area contributed by atoms with Gasteiger partial charge in [-0.15, -0.1) is 10.2 Å². The normalized spacial score (nSPS) is 10.2. The summed E-state index contributed by atoms with van der Waals surface area (Å²) in [7, 11) is 0. The Hall–Kier alpha value is -2.32. The lowest BCUT2D eigenvalue weighted by atomic mass is 10.3. The summed E-state index contributed by atoms with van der Waals surface area (Å²) >= 11 is 0. The summed E-state index contributed by atoms with van der Waals surface area (Å²) in [5.41, 5.74) is 5.19. The molecule has 0 bridgehead atoms. The number of hydrogen-bond acceptors (Lipinski definition) is 6. The van der Waals surface area contributed by atoms with Gasteiger partial charge in [0.15, 0.2) is 11.4 Å². The van der Waals surface area contributed by atoms with Crippen LogP contribution in [0.4, 0.5) is 0 Å². The van der Waals surface area contributed by atoms with Gasteiger partial charge in [0.25, 0.3) is 5.91 Å². The number of rotatable bonds is 2. The van der Waals surface area contributed by atoms with Crippen molar-refractivity contribution in [2.24, 2.45) is 5.73 Å². The molecule has 0 spiro atoms. The Kier molecular flexibility index (Phi) is 1.48. The average molecular weight is 180 g/mol. The number of carbonyl (C=O) groups excluding carboxylic acids is 1. The summed E-state index contributed by atoms with van der Waals surface area (Å²) in [5.74, 6) is -0.531. The van der Waals surface area contributed by atoms with Gasteiger partial charge < -0.3 is 5.73 Å². The summed E-state index contributed by atoms with van der Waals surface area (Å²) in [5, 5.41) is 22.2. The van der Waals surface area contributed by atoms with Gasteiger partial charge in [-0.05, 0) is 5.21 Å². The zero-order valence-electron chi connectivity index (χ0n) is 6.22. The zero-order chi connectivity index (χ0) is 9.26. The van der Waals surface area contributed by atoms with Crippen LogP contribution in [0.3, 0.4) is 0 Å². The highest BCUT2D eigenvalue weighted by Gasteiger charge is 2.17. The second kappa shape index (κ2) is 2.62. The molecule has 2 aromatic rings. The van der Waals surface area contributed by atoms with Crippen LogP contribution >= 0.6 is 0 Å². The van der Waals surface area contributed by atoms with E-state index in [1.54, 1.807) is 0 Å². The highest BCUT2D eigenvalue weighted by Crippen LogP contribution is 2.11. The maximum Gasteiger partial charge on any atom is 0.271 e. The van der Waals surface area contributed by atoms with Gasteiger partial charge >= 0.3 is 0 Å². The predicted molar refractivity (Wildman–Crippen MR) is 38.1 cm³/mol. The third kappa shape index (κ3) is 1.11. The number of aromatic amines is 2. The number of amides is 1. The molecule has 0 aliphatic carbocycles. The van der Waals surface area contributed by atoms with E-state index in [0.29, 0.717) is 0 Å². The van der Waals surface area contributed by atoms with Crippen LogP contribution < -0.4 is 5.73 Å². The smallest absolute Gasteiger partial charge is 0.271 e. The first-order valence-corrected chi connectivity index (χ1v) is 3.23. The van der Waals surface area contributed by atoms with Crippen LogP contribution in [-0.4, -0.2) is 41.9 Å². The number of carbonyl (C=O) groups is 1. The fourth-order valence-corrected chi connectivity index (χ4v) is 0.821. The molecule has 0 saturated heterocycles. The van der Waals surface area contributed by atoms with Crippen LogP contribution in [-0.2, 0) is 0 Å². The number of nitrogens with one attached hydrogen (secondary N) is 2. The monoisotopic (exact) mass is 180 g/mol. The lowest BCUT2D eigenvalue weighted by molar-refractivity contribution is 0.0996. The van der Waals surface area contributed by atoms with Crippen LogP contribution in [0.5, 0.6) is 0 Å². The van der Waals surface area contributed by atoms with E-state index >= 15 is 0 Å². The first kappa shape index (κ1) is 7.34. The Balaban J connectivity index is 2.52. The highest BCUT2D eigenvalue weighted by atomic mass is 16.1. The van der Waals surface area contributed by atoms with Gasteiger partial charge in [0.05, 0.1) is 0 Å². The van der Waals surface area contributed by atoms with Crippen molar-refractivity contribution in [3.63, 3.8) is 0 Å². The standard InChI is InChI=1S/C4H4N8O/c5-3(13)1-2(7-10-6-1)4-8-11-12-9-4/h(H2,5,13)(H,6,7,10)(H,8,9,11,12). The molecule has 2 heterocycles. The minimum absolute atomic E-state index is 0.0126. The molecule has 0 fully saturated rings. The van der Waals surface area contributed by atoms with Crippen molar-refractivity contribution in [2.75, 3.05) is 0 Å². The maximum absolute atomic E-state index is 10.8. The van der Waals surface area contributed by atoms with Crippen LogP contribution in [0.1, 0.15) is 10.5 Å². The number of nitrogens with zero attached hydrogens (tertiary/aromatic N) is 5. The number of H-pyrrole nitrogens is 2. The van der Waals surface area contributed by atoms with Gasteiger partial charge in [-0.1, -0.05) is 0 Å². The third-order valence-corrected chi connectivity index (χ3v) is 1.34. The largest absolute Gasteiger partial charge is 0.364 e.